The second-order valence-electron chi connectivity index (χ2n) is 6.02. The topological polar surface area (TPSA) is 68.1 Å². The normalized spacial score (nSPS) is 15.6. The summed E-state index contributed by atoms with van der Waals surface area (Å²) in [6.07, 6.45) is 8.00. The van der Waals surface area contributed by atoms with Crippen molar-refractivity contribution in [1.29, 1.82) is 0 Å². The number of amides is 1. The lowest BCUT2D eigenvalue weighted by atomic mass is 9.90. The molecule has 120 valence electrons. The predicted octanol–water partition coefficient (Wildman–Crippen LogP) is 1.27. The Bertz CT molecular complexity index is 734. The standard InChI is InChI=1S/C17H20N4O2/c1-20-12-19-15(10-16(20)22)17(23)21-7-4-13(5-8-21)9-14-3-2-6-18-11-14/h2-3,6,10-13H,4-5,7-9H2,1H3. The predicted molar refractivity (Wildman–Crippen MR) is 86.0 cm³/mol. The van der Waals surface area contributed by atoms with Crippen LogP contribution in [0.1, 0.15) is 28.9 Å². The van der Waals surface area contributed by atoms with Gasteiger partial charge in [0, 0.05) is 38.6 Å². The van der Waals surface area contributed by atoms with Crippen LogP contribution in [0.3, 0.4) is 0 Å². The van der Waals surface area contributed by atoms with Gasteiger partial charge in [-0.15, -0.1) is 0 Å². The van der Waals surface area contributed by atoms with E-state index in [-0.39, 0.29) is 17.2 Å². The van der Waals surface area contributed by atoms with Crippen molar-refractivity contribution in [2.24, 2.45) is 13.0 Å². The molecule has 1 fully saturated rings. The third-order valence-electron chi connectivity index (χ3n) is 4.35. The van der Waals surface area contributed by atoms with E-state index in [4.69, 9.17) is 0 Å². The molecule has 0 bridgehead atoms. The first-order valence-corrected chi connectivity index (χ1v) is 7.84. The molecule has 0 N–H and O–H groups in total. The molecule has 0 atom stereocenters. The van der Waals surface area contributed by atoms with Gasteiger partial charge in [-0.3, -0.25) is 14.6 Å². The molecule has 2 aromatic rings. The van der Waals surface area contributed by atoms with Crippen LogP contribution in [0.4, 0.5) is 0 Å². The molecular formula is C17H20N4O2. The van der Waals surface area contributed by atoms with E-state index < -0.39 is 0 Å². The lowest BCUT2D eigenvalue weighted by molar-refractivity contribution is 0.0684. The molecule has 1 amide bonds. The van der Waals surface area contributed by atoms with E-state index in [1.54, 1.807) is 18.1 Å². The molecule has 6 nitrogen and oxygen atoms in total. The summed E-state index contributed by atoms with van der Waals surface area (Å²) in [5, 5.41) is 0. The van der Waals surface area contributed by atoms with E-state index >= 15 is 0 Å². The van der Waals surface area contributed by atoms with Gasteiger partial charge in [0.1, 0.15) is 5.69 Å². The molecule has 0 saturated carbocycles. The first-order chi connectivity index (χ1) is 11.1. The Balaban J connectivity index is 1.59. The van der Waals surface area contributed by atoms with Crippen LogP contribution in [0.25, 0.3) is 0 Å². The molecule has 23 heavy (non-hydrogen) atoms. The van der Waals surface area contributed by atoms with Crippen molar-refractivity contribution >= 4 is 5.91 Å². The van der Waals surface area contributed by atoms with Gasteiger partial charge in [-0.25, -0.2) is 4.98 Å². The van der Waals surface area contributed by atoms with Crippen LogP contribution in [-0.2, 0) is 13.5 Å². The van der Waals surface area contributed by atoms with Crippen LogP contribution < -0.4 is 5.56 Å². The van der Waals surface area contributed by atoms with Gasteiger partial charge in [-0.1, -0.05) is 6.07 Å². The maximum Gasteiger partial charge on any atom is 0.272 e. The minimum absolute atomic E-state index is 0.150. The van der Waals surface area contributed by atoms with Gasteiger partial charge < -0.3 is 9.47 Å². The molecule has 0 aromatic carbocycles. The van der Waals surface area contributed by atoms with Crippen LogP contribution in [0.2, 0.25) is 0 Å². The van der Waals surface area contributed by atoms with Gasteiger partial charge >= 0.3 is 0 Å². The van der Waals surface area contributed by atoms with Crippen molar-refractivity contribution in [3.05, 3.63) is 58.5 Å². The minimum Gasteiger partial charge on any atom is -0.337 e. The van der Waals surface area contributed by atoms with E-state index in [0.717, 1.165) is 19.3 Å². The fraction of sp³-hybridized carbons (Fsp3) is 0.412. The maximum absolute atomic E-state index is 12.4. The molecule has 3 heterocycles. The van der Waals surface area contributed by atoms with Gasteiger partial charge in [0.25, 0.3) is 11.5 Å². The molecule has 1 saturated heterocycles. The monoisotopic (exact) mass is 312 g/mol. The highest BCUT2D eigenvalue weighted by molar-refractivity contribution is 5.92. The van der Waals surface area contributed by atoms with Gasteiger partial charge in [0.15, 0.2) is 0 Å². The fourth-order valence-corrected chi connectivity index (χ4v) is 2.93. The average molecular weight is 312 g/mol. The van der Waals surface area contributed by atoms with E-state index in [1.807, 2.05) is 12.3 Å². The number of carbonyl (C=O) groups excluding carboxylic acids is 1. The SMILES string of the molecule is Cn1cnc(C(=O)N2CCC(Cc3cccnc3)CC2)cc1=O. The Kier molecular flexibility index (Phi) is 4.50. The van der Waals surface area contributed by atoms with Crippen LogP contribution in [-0.4, -0.2) is 38.4 Å². The largest absolute Gasteiger partial charge is 0.337 e. The Morgan fingerprint density at radius 2 is 2.13 bits per heavy atom. The van der Waals surface area contributed by atoms with Gasteiger partial charge in [0.05, 0.1) is 6.33 Å². The highest BCUT2D eigenvalue weighted by Gasteiger charge is 2.24. The number of pyridine rings is 1. The zero-order chi connectivity index (χ0) is 16.2. The van der Waals surface area contributed by atoms with Gasteiger partial charge in [-0.05, 0) is 36.8 Å². The number of likely N-dealkylation sites (tertiary alicyclic amines) is 1. The second-order valence-corrected chi connectivity index (χ2v) is 6.02. The fourth-order valence-electron chi connectivity index (χ4n) is 2.93. The summed E-state index contributed by atoms with van der Waals surface area (Å²) in [5.41, 5.74) is 1.26. The number of nitrogens with zero attached hydrogens (tertiary/aromatic N) is 4. The van der Waals surface area contributed by atoms with Crippen LogP contribution in [0.5, 0.6) is 0 Å². The molecule has 6 heteroatoms. The van der Waals surface area contributed by atoms with Gasteiger partial charge in [0.2, 0.25) is 0 Å². The molecule has 0 unspecified atom stereocenters. The number of rotatable bonds is 3. The van der Waals surface area contributed by atoms with Crippen LogP contribution >= 0.6 is 0 Å². The summed E-state index contributed by atoms with van der Waals surface area (Å²) >= 11 is 0. The highest BCUT2D eigenvalue weighted by atomic mass is 16.2. The number of aryl methyl sites for hydroxylation is 1. The van der Waals surface area contributed by atoms with Crippen molar-refractivity contribution in [2.45, 2.75) is 19.3 Å². The summed E-state index contributed by atoms with van der Waals surface area (Å²) in [6.45, 7) is 1.42. The summed E-state index contributed by atoms with van der Waals surface area (Å²) in [7, 11) is 1.62. The summed E-state index contributed by atoms with van der Waals surface area (Å²) in [4.78, 5) is 34.1. The number of hydrogen-bond acceptors (Lipinski definition) is 4. The molecular weight excluding hydrogens is 292 g/mol. The summed E-state index contributed by atoms with van der Waals surface area (Å²) < 4.78 is 1.36. The number of carbonyl (C=O) groups is 1. The van der Waals surface area contributed by atoms with Crippen molar-refractivity contribution < 1.29 is 4.79 Å². The second kappa shape index (κ2) is 6.73. The third-order valence-corrected chi connectivity index (χ3v) is 4.35. The van der Waals surface area contributed by atoms with Gasteiger partial charge in [-0.2, -0.15) is 0 Å². The Labute approximate surface area is 134 Å². The summed E-state index contributed by atoms with van der Waals surface area (Å²) in [5.74, 6) is 0.419. The number of piperidine rings is 1. The Morgan fingerprint density at radius 1 is 1.35 bits per heavy atom. The first-order valence-electron chi connectivity index (χ1n) is 7.84. The van der Waals surface area contributed by atoms with Crippen LogP contribution in [0, 0.1) is 5.92 Å². The molecule has 0 spiro atoms. The first kappa shape index (κ1) is 15.4. The van der Waals surface area contributed by atoms with E-state index in [2.05, 4.69) is 16.0 Å². The van der Waals surface area contributed by atoms with E-state index in [1.165, 1.54) is 22.5 Å². The number of aromatic nitrogens is 3. The highest BCUT2D eigenvalue weighted by Crippen LogP contribution is 2.22. The molecule has 1 aliphatic heterocycles. The zero-order valence-corrected chi connectivity index (χ0v) is 13.2. The molecule has 1 aliphatic rings. The van der Waals surface area contributed by atoms with Crippen molar-refractivity contribution in [1.82, 2.24) is 19.4 Å². The van der Waals surface area contributed by atoms with Crippen molar-refractivity contribution in [3.63, 3.8) is 0 Å². The lowest BCUT2D eigenvalue weighted by Gasteiger charge is -2.31. The van der Waals surface area contributed by atoms with Crippen molar-refractivity contribution in [3.8, 4) is 0 Å². The average Bonchev–Trinajstić information content (AvgIpc) is 2.58. The smallest absolute Gasteiger partial charge is 0.272 e. The molecule has 0 radical (unpaired) electrons. The van der Waals surface area contributed by atoms with E-state index in [0.29, 0.717) is 19.0 Å². The number of hydrogen-bond donors (Lipinski definition) is 0. The molecule has 2 aromatic heterocycles. The lowest BCUT2D eigenvalue weighted by Crippen LogP contribution is -2.39. The Morgan fingerprint density at radius 3 is 2.78 bits per heavy atom. The zero-order valence-electron chi connectivity index (χ0n) is 13.2. The molecule has 0 aliphatic carbocycles. The van der Waals surface area contributed by atoms with Crippen molar-refractivity contribution in [2.75, 3.05) is 13.1 Å². The minimum atomic E-state index is -0.213. The summed E-state index contributed by atoms with van der Waals surface area (Å²) in [6, 6.07) is 5.35. The maximum atomic E-state index is 12.4. The van der Waals surface area contributed by atoms with E-state index in [9.17, 15) is 9.59 Å². The molecule has 3 rings (SSSR count). The Hall–Kier alpha value is -2.50. The third kappa shape index (κ3) is 3.64. The van der Waals surface area contributed by atoms with Crippen LogP contribution in [0.15, 0.2) is 41.7 Å². The quantitative estimate of drug-likeness (QED) is 0.856.